The number of ether oxygens (including phenoxy) is 1. The van der Waals surface area contributed by atoms with Gasteiger partial charge in [-0.1, -0.05) is 42.8 Å². The third kappa shape index (κ3) is 4.46. The number of hydrogen-bond acceptors (Lipinski definition) is 5. The number of imidazole rings is 1. The third-order valence-electron chi connectivity index (χ3n) is 5.88. The lowest BCUT2D eigenvalue weighted by molar-refractivity contribution is -0.148. The minimum absolute atomic E-state index is 0.130. The zero-order valence-electron chi connectivity index (χ0n) is 18.0. The van der Waals surface area contributed by atoms with E-state index in [4.69, 9.17) is 4.74 Å². The number of carbonyl (C=O) groups excluding carboxylic acids is 2. The summed E-state index contributed by atoms with van der Waals surface area (Å²) in [4.78, 5) is 34.2. The van der Waals surface area contributed by atoms with Gasteiger partial charge in [0.2, 0.25) is 0 Å². The van der Waals surface area contributed by atoms with Gasteiger partial charge in [-0.05, 0) is 37.1 Å². The number of esters is 1. The summed E-state index contributed by atoms with van der Waals surface area (Å²) in [5.41, 5.74) is 3.01. The first-order valence-electron chi connectivity index (χ1n) is 10.7. The first kappa shape index (κ1) is 21.1. The highest BCUT2D eigenvalue weighted by molar-refractivity contribution is 5.94. The summed E-state index contributed by atoms with van der Waals surface area (Å²) >= 11 is 0. The maximum atomic E-state index is 13.4. The second-order valence-corrected chi connectivity index (χ2v) is 7.99. The van der Waals surface area contributed by atoms with Crippen LogP contribution in [0.3, 0.4) is 0 Å². The van der Waals surface area contributed by atoms with Gasteiger partial charge >= 0.3 is 5.97 Å². The predicted octanol–water partition coefficient (Wildman–Crippen LogP) is 3.13. The Morgan fingerprint density at radius 1 is 1.13 bits per heavy atom. The van der Waals surface area contributed by atoms with Crippen LogP contribution in [0.25, 0.3) is 5.65 Å². The Balaban J connectivity index is 1.65. The molecule has 0 saturated carbocycles. The van der Waals surface area contributed by atoms with Gasteiger partial charge in [-0.15, -0.1) is 0 Å². The first-order chi connectivity index (χ1) is 15.1. The van der Waals surface area contributed by atoms with E-state index in [1.165, 1.54) is 7.11 Å². The van der Waals surface area contributed by atoms with Crippen LogP contribution in [0, 0.1) is 0 Å². The normalized spacial score (nSPS) is 16.9. The van der Waals surface area contributed by atoms with Crippen LogP contribution < -0.4 is 0 Å². The topological polar surface area (TPSA) is 67.2 Å². The van der Waals surface area contributed by atoms with Crippen LogP contribution >= 0.6 is 0 Å². The van der Waals surface area contributed by atoms with Gasteiger partial charge in [0.1, 0.15) is 11.7 Å². The maximum absolute atomic E-state index is 13.4. The van der Waals surface area contributed by atoms with E-state index in [1.54, 1.807) is 11.9 Å². The second-order valence-electron chi connectivity index (χ2n) is 7.99. The lowest BCUT2D eigenvalue weighted by Gasteiger charge is -2.33. The fraction of sp³-hybridized carbons (Fsp3) is 0.375. The molecule has 7 nitrogen and oxygen atoms in total. The molecule has 0 radical (unpaired) electrons. The molecule has 1 saturated heterocycles. The number of hydrogen-bond donors (Lipinski definition) is 0. The summed E-state index contributed by atoms with van der Waals surface area (Å²) in [6, 6.07) is 15.3. The SMILES string of the molecule is COC(=O)[C@@H]1CCCCN1Cc1c(C(=O)N(C)Cc2ccccc2)nc2ccccn12. The molecule has 3 aromatic rings. The molecule has 0 N–H and O–H groups in total. The van der Waals surface area contributed by atoms with Crippen LogP contribution in [0.4, 0.5) is 0 Å². The van der Waals surface area contributed by atoms with Gasteiger partial charge < -0.3 is 14.0 Å². The van der Waals surface area contributed by atoms with Crippen LogP contribution in [0.1, 0.15) is 41.0 Å². The van der Waals surface area contributed by atoms with Gasteiger partial charge in [0, 0.05) is 26.3 Å². The first-order valence-corrected chi connectivity index (χ1v) is 10.7. The van der Waals surface area contributed by atoms with Crippen LogP contribution in [0.5, 0.6) is 0 Å². The number of pyridine rings is 1. The molecule has 1 fully saturated rings. The number of rotatable bonds is 6. The number of aromatic nitrogens is 2. The van der Waals surface area contributed by atoms with Crippen molar-refractivity contribution >= 4 is 17.5 Å². The highest BCUT2D eigenvalue weighted by Gasteiger charge is 2.32. The number of carbonyl (C=O) groups is 2. The van der Waals surface area contributed by atoms with Gasteiger partial charge in [0.15, 0.2) is 5.69 Å². The monoisotopic (exact) mass is 420 g/mol. The standard InChI is InChI=1S/C24H28N4O3/c1-26(16-18-10-4-3-5-11-18)23(29)22-20(28-15-9-7-13-21(28)25-22)17-27-14-8-6-12-19(27)24(30)31-2/h3-5,7,9-11,13,15,19H,6,8,12,14,16-17H2,1-2H3/t19-/m0/s1. The average molecular weight is 421 g/mol. The van der Waals surface area contributed by atoms with Crippen LogP contribution in [0.15, 0.2) is 54.7 Å². The molecule has 2 aromatic heterocycles. The lowest BCUT2D eigenvalue weighted by Crippen LogP contribution is -2.45. The van der Waals surface area contributed by atoms with Crippen molar-refractivity contribution in [1.82, 2.24) is 19.2 Å². The fourth-order valence-corrected chi connectivity index (χ4v) is 4.25. The van der Waals surface area contributed by atoms with E-state index < -0.39 is 0 Å². The van der Waals surface area contributed by atoms with E-state index >= 15 is 0 Å². The van der Waals surface area contributed by atoms with Crippen molar-refractivity contribution in [2.75, 3.05) is 20.7 Å². The molecule has 1 atom stereocenters. The molecular formula is C24H28N4O3. The fourth-order valence-electron chi connectivity index (χ4n) is 4.25. The molecule has 1 aliphatic heterocycles. The van der Waals surface area contributed by atoms with Gasteiger partial charge in [0.25, 0.3) is 5.91 Å². The molecule has 0 spiro atoms. The molecule has 3 heterocycles. The lowest BCUT2D eigenvalue weighted by atomic mass is 10.0. The van der Waals surface area contributed by atoms with Crippen LogP contribution in [0.2, 0.25) is 0 Å². The molecule has 4 rings (SSSR count). The summed E-state index contributed by atoms with van der Waals surface area (Å²) in [6.07, 6.45) is 4.69. The highest BCUT2D eigenvalue weighted by atomic mass is 16.5. The average Bonchev–Trinajstić information content (AvgIpc) is 3.17. The molecule has 162 valence electrons. The molecule has 1 aliphatic rings. The van der Waals surface area contributed by atoms with Crippen molar-refractivity contribution in [2.45, 2.75) is 38.4 Å². The largest absolute Gasteiger partial charge is 0.468 e. The molecule has 7 heteroatoms. The number of benzene rings is 1. The minimum Gasteiger partial charge on any atom is -0.468 e. The predicted molar refractivity (Wildman–Crippen MR) is 117 cm³/mol. The molecule has 0 bridgehead atoms. The smallest absolute Gasteiger partial charge is 0.323 e. The summed E-state index contributed by atoms with van der Waals surface area (Å²) in [5, 5.41) is 0. The van der Waals surface area contributed by atoms with Gasteiger partial charge in [-0.25, -0.2) is 4.98 Å². The quantitative estimate of drug-likeness (QED) is 0.573. The Hall–Kier alpha value is -3.19. The number of methoxy groups -OCH3 is 1. The van der Waals surface area contributed by atoms with Crippen molar-refractivity contribution < 1.29 is 14.3 Å². The van der Waals surface area contributed by atoms with Crippen LogP contribution in [-0.2, 0) is 22.6 Å². The second kappa shape index (κ2) is 9.31. The van der Waals surface area contributed by atoms with Gasteiger partial charge in [0.05, 0.1) is 12.8 Å². The zero-order chi connectivity index (χ0) is 21.8. The van der Waals surface area contributed by atoms with Crippen molar-refractivity contribution in [1.29, 1.82) is 0 Å². The molecule has 0 unspecified atom stereocenters. The summed E-state index contributed by atoms with van der Waals surface area (Å²) in [7, 11) is 3.22. The van der Waals surface area contributed by atoms with E-state index in [0.717, 1.165) is 42.7 Å². The number of amides is 1. The minimum atomic E-state index is -0.294. The van der Waals surface area contributed by atoms with E-state index in [-0.39, 0.29) is 17.9 Å². The van der Waals surface area contributed by atoms with E-state index in [1.807, 2.05) is 59.1 Å². The van der Waals surface area contributed by atoms with Gasteiger partial charge in [-0.3, -0.25) is 14.5 Å². The molecule has 1 aromatic carbocycles. The van der Waals surface area contributed by atoms with Gasteiger partial charge in [-0.2, -0.15) is 0 Å². The Kier molecular flexibility index (Phi) is 6.32. The molecular weight excluding hydrogens is 392 g/mol. The zero-order valence-corrected chi connectivity index (χ0v) is 18.0. The maximum Gasteiger partial charge on any atom is 0.323 e. The molecule has 0 aliphatic carbocycles. The van der Waals surface area contributed by atoms with Crippen molar-refractivity contribution in [3.05, 3.63) is 71.7 Å². The van der Waals surface area contributed by atoms with Crippen molar-refractivity contribution in [3.8, 4) is 0 Å². The Morgan fingerprint density at radius 3 is 2.68 bits per heavy atom. The van der Waals surface area contributed by atoms with Crippen molar-refractivity contribution in [3.63, 3.8) is 0 Å². The van der Waals surface area contributed by atoms with Crippen LogP contribution in [-0.4, -0.2) is 57.8 Å². The van der Waals surface area contributed by atoms with E-state index in [0.29, 0.717) is 18.8 Å². The number of likely N-dealkylation sites (tertiary alicyclic amines) is 1. The Morgan fingerprint density at radius 2 is 1.90 bits per heavy atom. The summed E-state index contributed by atoms with van der Waals surface area (Å²) in [6.45, 7) is 1.75. The van der Waals surface area contributed by atoms with Crippen molar-refractivity contribution in [2.24, 2.45) is 0 Å². The number of fused-ring (bicyclic) bond motifs is 1. The third-order valence-corrected chi connectivity index (χ3v) is 5.88. The van der Waals surface area contributed by atoms with E-state index in [2.05, 4.69) is 9.88 Å². The number of piperidine rings is 1. The number of nitrogens with zero attached hydrogens (tertiary/aromatic N) is 4. The highest BCUT2D eigenvalue weighted by Crippen LogP contribution is 2.24. The Labute approximate surface area is 182 Å². The summed E-state index contributed by atoms with van der Waals surface area (Å²) in [5.74, 6) is -0.350. The van der Waals surface area contributed by atoms with E-state index in [9.17, 15) is 9.59 Å². The molecule has 1 amide bonds. The summed E-state index contributed by atoms with van der Waals surface area (Å²) < 4.78 is 6.98. The Bertz CT molecular complexity index is 1060. The molecule has 31 heavy (non-hydrogen) atoms.